The van der Waals surface area contributed by atoms with Gasteiger partial charge in [0.05, 0.1) is 18.2 Å². The van der Waals surface area contributed by atoms with Gasteiger partial charge in [-0.2, -0.15) is 5.26 Å². The van der Waals surface area contributed by atoms with Crippen LogP contribution in [-0.2, 0) is 4.79 Å². The quantitative estimate of drug-likeness (QED) is 0.574. The molecule has 0 unspecified atom stereocenters. The minimum atomic E-state index is -0.0149. The lowest BCUT2D eigenvalue weighted by Gasteiger charge is -2.15. The minimum absolute atomic E-state index is 0.00224. The molecule has 21 heavy (non-hydrogen) atoms. The van der Waals surface area contributed by atoms with E-state index in [1.165, 1.54) is 11.8 Å². The summed E-state index contributed by atoms with van der Waals surface area (Å²) in [6, 6.07) is 9.35. The van der Waals surface area contributed by atoms with E-state index in [1.54, 1.807) is 24.1 Å². The fraction of sp³-hybridized carbons (Fsp3) is 0.438. The Balaban J connectivity index is 2.51. The fourth-order valence-electron chi connectivity index (χ4n) is 1.65. The molecular formula is C16H20N2O2S. The molecule has 0 aliphatic rings. The molecule has 0 aliphatic heterocycles. The lowest BCUT2D eigenvalue weighted by Crippen LogP contribution is -2.29. The molecule has 1 amide bonds. The standard InChI is InChI=1S/C16H20N2O2S/c1-12(2)16(20)13-5-7-14(8-6-13)21-11-15(19)18(3)10-4-9-17/h5-8,12H,4,10-11H2,1-3H3. The smallest absolute Gasteiger partial charge is 0.232 e. The van der Waals surface area contributed by atoms with E-state index in [0.717, 1.165) is 4.90 Å². The van der Waals surface area contributed by atoms with Crippen molar-refractivity contribution in [3.63, 3.8) is 0 Å². The molecule has 0 radical (unpaired) electrons. The first-order chi connectivity index (χ1) is 9.95. The van der Waals surface area contributed by atoms with E-state index in [4.69, 9.17) is 5.26 Å². The van der Waals surface area contributed by atoms with E-state index < -0.39 is 0 Å². The van der Waals surface area contributed by atoms with Gasteiger partial charge in [-0.25, -0.2) is 0 Å². The number of hydrogen-bond acceptors (Lipinski definition) is 4. The molecule has 0 aromatic heterocycles. The highest BCUT2D eigenvalue weighted by molar-refractivity contribution is 8.00. The number of carbonyl (C=O) groups excluding carboxylic acids is 2. The minimum Gasteiger partial charge on any atom is -0.344 e. The van der Waals surface area contributed by atoms with E-state index in [1.807, 2.05) is 32.0 Å². The zero-order valence-electron chi connectivity index (χ0n) is 12.6. The predicted molar refractivity (Wildman–Crippen MR) is 84.2 cm³/mol. The van der Waals surface area contributed by atoms with Crippen LogP contribution in [0.3, 0.4) is 0 Å². The summed E-state index contributed by atoms with van der Waals surface area (Å²) in [5.74, 6) is 0.440. The van der Waals surface area contributed by atoms with Crippen molar-refractivity contribution < 1.29 is 9.59 Å². The van der Waals surface area contributed by atoms with Crippen LogP contribution in [-0.4, -0.2) is 35.9 Å². The van der Waals surface area contributed by atoms with Gasteiger partial charge in [-0.15, -0.1) is 11.8 Å². The van der Waals surface area contributed by atoms with Crippen molar-refractivity contribution in [3.8, 4) is 6.07 Å². The molecule has 0 saturated carbocycles. The molecule has 0 atom stereocenters. The van der Waals surface area contributed by atoms with Crippen LogP contribution in [0.2, 0.25) is 0 Å². The largest absolute Gasteiger partial charge is 0.344 e. The van der Waals surface area contributed by atoms with Crippen molar-refractivity contribution in [3.05, 3.63) is 29.8 Å². The highest BCUT2D eigenvalue weighted by atomic mass is 32.2. The lowest BCUT2D eigenvalue weighted by molar-refractivity contribution is -0.127. The number of nitrogens with zero attached hydrogens (tertiary/aromatic N) is 2. The first kappa shape index (κ1) is 17.3. The normalized spacial score (nSPS) is 10.2. The van der Waals surface area contributed by atoms with Crippen LogP contribution in [0.15, 0.2) is 29.2 Å². The number of nitriles is 1. The summed E-state index contributed by atoms with van der Waals surface area (Å²) >= 11 is 1.43. The number of ketones is 1. The molecule has 5 heteroatoms. The van der Waals surface area contributed by atoms with Crippen LogP contribution in [0.1, 0.15) is 30.6 Å². The maximum absolute atomic E-state index is 11.8. The number of benzene rings is 1. The van der Waals surface area contributed by atoms with Gasteiger partial charge in [0.15, 0.2) is 5.78 Å². The molecule has 0 fully saturated rings. The number of rotatable bonds is 7. The molecule has 0 N–H and O–H groups in total. The van der Waals surface area contributed by atoms with Gasteiger partial charge in [0.2, 0.25) is 5.91 Å². The summed E-state index contributed by atoms with van der Waals surface area (Å²) in [5.41, 5.74) is 0.701. The van der Waals surface area contributed by atoms with Gasteiger partial charge < -0.3 is 4.90 Å². The molecular weight excluding hydrogens is 284 g/mol. The monoisotopic (exact) mass is 304 g/mol. The van der Waals surface area contributed by atoms with Crippen LogP contribution < -0.4 is 0 Å². The maximum atomic E-state index is 11.8. The Hall–Kier alpha value is -1.80. The first-order valence-corrected chi connectivity index (χ1v) is 7.82. The average Bonchev–Trinajstić information content (AvgIpc) is 2.49. The van der Waals surface area contributed by atoms with Gasteiger partial charge in [0.25, 0.3) is 0 Å². The molecule has 0 aliphatic carbocycles. The van der Waals surface area contributed by atoms with Crippen molar-refractivity contribution in [2.75, 3.05) is 19.3 Å². The maximum Gasteiger partial charge on any atom is 0.232 e. The third-order valence-corrected chi connectivity index (χ3v) is 4.01. The second kappa shape index (κ2) is 8.48. The molecule has 112 valence electrons. The third kappa shape index (κ3) is 5.60. The number of thioether (sulfide) groups is 1. The Labute approximate surface area is 130 Å². The highest BCUT2D eigenvalue weighted by Crippen LogP contribution is 2.20. The number of amides is 1. The van der Waals surface area contributed by atoms with Crippen molar-refractivity contribution in [1.82, 2.24) is 4.90 Å². The topological polar surface area (TPSA) is 61.2 Å². The van der Waals surface area contributed by atoms with Crippen LogP contribution in [0, 0.1) is 17.2 Å². The summed E-state index contributed by atoms with van der Waals surface area (Å²) in [5, 5.41) is 8.49. The van der Waals surface area contributed by atoms with Crippen molar-refractivity contribution in [2.24, 2.45) is 5.92 Å². The van der Waals surface area contributed by atoms with E-state index in [0.29, 0.717) is 24.3 Å². The van der Waals surface area contributed by atoms with E-state index in [2.05, 4.69) is 0 Å². The number of Topliss-reactive ketones (excluding diaryl/α,β-unsaturated/α-hetero) is 1. The van der Waals surface area contributed by atoms with Gasteiger partial charge in [-0.3, -0.25) is 9.59 Å². The second-order valence-electron chi connectivity index (χ2n) is 5.06. The van der Waals surface area contributed by atoms with Crippen molar-refractivity contribution >= 4 is 23.5 Å². The molecule has 0 heterocycles. The molecule has 1 aromatic carbocycles. The van der Waals surface area contributed by atoms with E-state index >= 15 is 0 Å². The van der Waals surface area contributed by atoms with Gasteiger partial charge in [-0.1, -0.05) is 26.0 Å². The first-order valence-electron chi connectivity index (χ1n) is 6.83. The van der Waals surface area contributed by atoms with E-state index in [-0.39, 0.29) is 17.6 Å². The highest BCUT2D eigenvalue weighted by Gasteiger charge is 2.11. The van der Waals surface area contributed by atoms with Gasteiger partial charge in [-0.05, 0) is 12.1 Å². The molecule has 1 rings (SSSR count). The van der Waals surface area contributed by atoms with E-state index in [9.17, 15) is 9.59 Å². The van der Waals surface area contributed by atoms with Crippen LogP contribution in [0.25, 0.3) is 0 Å². The molecule has 0 spiro atoms. The Bertz CT molecular complexity index is 532. The molecule has 0 saturated heterocycles. The number of carbonyl (C=O) groups is 2. The summed E-state index contributed by atoms with van der Waals surface area (Å²) < 4.78 is 0. The van der Waals surface area contributed by atoms with Crippen molar-refractivity contribution in [1.29, 1.82) is 5.26 Å². The predicted octanol–water partition coefficient (Wildman–Crippen LogP) is 2.99. The Morgan fingerprint density at radius 3 is 2.43 bits per heavy atom. The molecule has 4 nitrogen and oxygen atoms in total. The fourth-order valence-corrected chi connectivity index (χ4v) is 2.49. The SMILES string of the molecule is CC(C)C(=O)c1ccc(SCC(=O)N(C)CCC#N)cc1. The summed E-state index contributed by atoms with van der Waals surface area (Å²) in [6.45, 7) is 4.21. The Morgan fingerprint density at radius 1 is 1.29 bits per heavy atom. The van der Waals surface area contributed by atoms with Crippen LogP contribution in [0.4, 0.5) is 0 Å². The van der Waals surface area contributed by atoms with Gasteiger partial charge >= 0.3 is 0 Å². The summed E-state index contributed by atoms with van der Waals surface area (Å²) in [7, 11) is 1.70. The Morgan fingerprint density at radius 2 is 1.90 bits per heavy atom. The average molecular weight is 304 g/mol. The second-order valence-corrected chi connectivity index (χ2v) is 6.10. The van der Waals surface area contributed by atoms with Crippen LogP contribution in [0.5, 0.6) is 0 Å². The number of hydrogen-bond donors (Lipinski definition) is 0. The van der Waals surface area contributed by atoms with Crippen LogP contribution >= 0.6 is 11.8 Å². The van der Waals surface area contributed by atoms with Gasteiger partial charge in [0, 0.05) is 30.0 Å². The lowest BCUT2D eigenvalue weighted by atomic mass is 10.0. The Kier molecular flexibility index (Phi) is 6.97. The van der Waals surface area contributed by atoms with Gasteiger partial charge in [0.1, 0.15) is 0 Å². The zero-order valence-corrected chi connectivity index (χ0v) is 13.4. The molecule has 0 bridgehead atoms. The third-order valence-electron chi connectivity index (χ3n) is 3.01. The summed E-state index contributed by atoms with van der Waals surface area (Å²) in [4.78, 5) is 26.2. The van der Waals surface area contributed by atoms with Crippen molar-refractivity contribution in [2.45, 2.75) is 25.2 Å². The zero-order chi connectivity index (χ0) is 15.8. The summed E-state index contributed by atoms with van der Waals surface area (Å²) in [6.07, 6.45) is 0.346. The molecule has 1 aromatic rings.